The molecule has 106 valence electrons. The first-order valence-electron chi connectivity index (χ1n) is 6.42. The van der Waals surface area contributed by atoms with E-state index in [1.54, 1.807) is 37.3 Å². The molecule has 0 amide bonds. The number of aryl methyl sites for hydroxylation is 1. The molecule has 0 radical (unpaired) electrons. The molecule has 0 saturated carbocycles. The third-order valence-corrected chi connectivity index (χ3v) is 5.25. The highest BCUT2D eigenvalue weighted by atomic mass is 32.2. The van der Waals surface area contributed by atoms with E-state index >= 15 is 0 Å². The van der Waals surface area contributed by atoms with E-state index in [0.29, 0.717) is 17.4 Å². The van der Waals surface area contributed by atoms with Crippen molar-refractivity contribution in [3.05, 3.63) is 65.9 Å². The number of carbonyl (C=O) groups excluding carboxylic acids is 1. The van der Waals surface area contributed by atoms with Crippen LogP contribution in [0.3, 0.4) is 0 Å². The number of benzene rings is 2. The van der Waals surface area contributed by atoms with Gasteiger partial charge in [-0.25, -0.2) is 12.4 Å². The van der Waals surface area contributed by atoms with E-state index in [0.717, 1.165) is 5.39 Å². The Morgan fingerprint density at radius 3 is 2.52 bits per heavy atom. The van der Waals surface area contributed by atoms with Gasteiger partial charge in [-0.3, -0.25) is 4.79 Å². The lowest BCUT2D eigenvalue weighted by Gasteiger charge is -2.11. The van der Waals surface area contributed by atoms with Crippen molar-refractivity contribution < 1.29 is 13.2 Å². The predicted octanol–water partition coefficient (Wildman–Crippen LogP) is 3.00. The molecule has 0 spiro atoms. The Morgan fingerprint density at radius 1 is 1.00 bits per heavy atom. The molecule has 0 saturated heterocycles. The zero-order valence-electron chi connectivity index (χ0n) is 11.4. The standard InChI is InChI=1S/C16H13NO3S/c1-12-5-4-8-16(14(12)11-18)21(19,20)17-10-9-13-6-2-3-7-15(13)17/h2-11H,1H3. The molecule has 1 heterocycles. The summed E-state index contributed by atoms with van der Waals surface area (Å²) < 4.78 is 26.9. The Balaban J connectivity index is 2.31. The zero-order valence-corrected chi connectivity index (χ0v) is 12.2. The Morgan fingerprint density at radius 2 is 1.76 bits per heavy atom. The number of carbonyl (C=O) groups is 1. The highest BCUT2D eigenvalue weighted by Crippen LogP contribution is 2.25. The molecule has 0 fully saturated rings. The maximum Gasteiger partial charge on any atom is 0.268 e. The normalized spacial score (nSPS) is 11.7. The third-order valence-electron chi connectivity index (χ3n) is 3.50. The van der Waals surface area contributed by atoms with E-state index in [9.17, 15) is 13.2 Å². The lowest BCUT2D eigenvalue weighted by Crippen LogP contribution is -2.14. The molecule has 21 heavy (non-hydrogen) atoms. The number of rotatable bonds is 3. The summed E-state index contributed by atoms with van der Waals surface area (Å²) in [6.45, 7) is 1.72. The molecule has 3 rings (SSSR count). The topological polar surface area (TPSA) is 56.1 Å². The first-order valence-corrected chi connectivity index (χ1v) is 7.86. The van der Waals surface area contributed by atoms with Crippen LogP contribution in [0.5, 0.6) is 0 Å². The fourth-order valence-corrected chi connectivity index (χ4v) is 4.00. The Bertz CT molecular complexity index is 939. The molecule has 0 aliphatic carbocycles. The molecule has 0 bridgehead atoms. The second-order valence-corrected chi connectivity index (χ2v) is 6.56. The largest absolute Gasteiger partial charge is 0.298 e. The number of hydrogen-bond acceptors (Lipinski definition) is 3. The van der Waals surface area contributed by atoms with Gasteiger partial charge >= 0.3 is 0 Å². The summed E-state index contributed by atoms with van der Waals surface area (Å²) in [4.78, 5) is 11.3. The smallest absolute Gasteiger partial charge is 0.268 e. The maximum absolute atomic E-state index is 12.8. The summed E-state index contributed by atoms with van der Waals surface area (Å²) in [5.41, 5.74) is 1.44. The van der Waals surface area contributed by atoms with Crippen molar-refractivity contribution in [1.29, 1.82) is 0 Å². The van der Waals surface area contributed by atoms with Gasteiger partial charge in [0.05, 0.1) is 10.4 Å². The molecule has 0 N–H and O–H groups in total. The summed E-state index contributed by atoms with van der Waals surface area (Å²) >= 11 is 0. The van der Waals surface area contributed by atoms with Gasteiger partial charge in [0.2, 0.25) is 0 Å². The minimum Gasteiger partial charge on any atom is -0.298 e. The first-order chi connectivity index (χ1) is 10.1. The second-order valence-electron chi connectivity index (χ2n) is 4.78. The highest BCUT2D eigenvalue weighted by Gasteiger charge is 2.22. The van der Waals surface area contributed by atoms with E-state index in [1.807, 2.05) is 12.1 Å². The van der Waals surface area contributed by atoms with Gasteiger partial charge < -0.3 is 0 Å². The summed E-state index contributed by atoms with van der Waals surface area (Å²) in [5.74, 6) is 0. The molecule has 4 nitrogen and oxygen atoms in total. The average molecular weight is 299 g/mol. The van der Waals surface area contributed by atoms with Crippen LogP contribution in [0.4, 0.5) is 0 Å². The van der Waals surface area contributed by atoms with Gasteiger partial charge in [-0.2, -0.15) is 0 Å². The zero-order chi connectivity index (χ0) is 15.0. The lowest BCUT2D eigenvalue weighted by molar-refractivity contribution is 0.112. The number of aromatic nitrogens is 1. The van der Waals surface area contributed by atoms with Crippen LogP contribution >= 0.6 is 0 Å². The SMILES string of the molecule is Cc1cccc(S(=O)(=O)n2ccc3ccccc32)c1C=O. The van der Waals surface area contributed by atoms with E-state index in [1.165, 1.54) is 16.2 Å². The molecule has 0 atom stereocenters. The molecule has 2 aromatic carbocycles. The summed E-state index contributed by atoms with van der Waals surface area (Å²) in [6.07, 6.45) is 2.10. The van der Waals surface area contributed by atoms with Crippen molar-refractivity contribution in [2.45, 2.75) is 11.8 Å². The van der Waals surface area contributed by atoms with Gasteiger partial charge in [0, 0.05) is 17.1 Å². The van der Waals surface area contributed by atoms with Crippen LogP contribution in [-0.4, -0.2) is 18.7 Å². The molecular weight excluding hydrogens is 286 g/mol. The van der Waals surface area contributed by atoms with E-state index < -0.39 is 10.0 Å². The van der Waals surface area contributed by atoms with Crippen LogP contribution in [0.2, 0.25) is 0 Å². The second kappa shape index (κ2) is 4.86. The van der Waals surface area contributed by atoms with E-state index in [2.05, 4.69) is 0 Å². The van der Waals surface area contributed by atoms with E-state index in [-0.39, 0.29) is 10.5 Å². The van der Waals surface area contributed by atoms with Crippen molar-refractivity contribution >= 4 is 27.2 Å². The van der Waals surface area contributed by atoms with Crippen molar-refractivity contribution in [3.63, 3.8) is 0 Å². The summed E-state index contributed by atoms with van der Waals surface area (Å²) in [7, 11) is -3.80. The number of para-hydroxylation sites is 1. The average Bonchev–Trinajstić information content (AvgIpc) is 2.91. The molecule has 1 aromatic heterocycles. The molecule has 0 aliphatic heterocycles. The van der Waals surface area contributed by atoms with Gasteiger partial charge in [0.1, 0.15) is 0 Å². The predicted molar refractivity (Wildman–Crippen MR) is 81.1 cm³/mol. The fourth-order valence-electron chi connectivity index (χ4n) is 2.40. The van der Waals surface area contributed by atoms with Crippen molar-refractivity contribution in [1.82, 2.24) is 3.97 Å². The van der Waals surface area contributed by atoms with Crippen molar-refractivity contribution in [2.75, 3.05) is 0 Å². The molecule has 5 heteroatoms. The highest BCUT2D eigenvalue weighted by molar-refractivity contribution is 7.90. The third kappa shape index (κ3) is 2.06. The van der Waals surface area contributed by atoms with Crippen LogP contribution in [0.15, 0.2) is 59.6 Å². The quantitative estimate of drug-likeness (QED) is 0.699. The molecule has 3 aromatic rings. The van der Waals surface area contributed by atoms with Crippen LogP contribution in [0.25, 0.3) is 10.9 Å². The molecule has 0 unspecified atom stereocenters. The van der Waals surface area contributed by atoms with Crippen LogP contribution < -0.4 is 0 Å². The minimum atomic E-state index is -3.80. The lowest BCUT2D eigenvalue weighted by atomic mass is 10.1. The number of fused-ring (bicyclic) bond motifs is 1. The van der Waals surface area contributed by atoms with Gasteiger partial charge in [-0.1, -0.05) is 30.3 Å². The van der Waals surface area contributed by atoms with Gasteiger partial charge in [0.15, 0.2) is 6.29 Å². The summed E-state index contributed by atoms with van der Waals surface area (Å²) in [6, 6.07) is 13.8. The summed E-state index contributed by atoms with van der Waals surface area (Å²) in [5, 5.41) is 0.835. The molecular formula is C16H13NO3S. The number of nitrogens with zero attached hydrogens (tertiary/aromatic N) is 1. The van der Waals surface area contributed by atoms with Crippen LogP contribution in [0, 0.1) is 6.92 Å². The monoisotopic (exact) mass is 299 g/mol. The number of hydrogen-bond donors (Lipinski definition) is 0. The van der Waals surface area contributed by atoms with Crippen LogP contribution in [0.1, 0.15) is 15.9 Å². The fraction of sp³-hybridized carbons (Fsp3) is 0.0625. The van der Waals surface area contributed by atoms with Crippen molar-refractivity contribution in [2.24, 2.45) is 0 Å². The Hall–Kier alpha value is -2.40. The minimum absolute atomic E-state index is 0.0267. The van der Waals surface area contributed by atoms with Crippen molar-refractivity contribution in [3.8, 4) is 0 Å². The Kier molecular flexibility index (Phi) is 3.14. The number of aldehydes is 1. The first kappa shape index (κ1) is 13.6. The Labute approximate surface area is 122 Å². The van der Waals surface area contributed by atoms with Crippen LogP contribution in [-0.2, 0) is 10.0 Å². The van der Waals surface area contributed by atoms with Gasteiger partial charge in [0.25, 0.3) is 10.0 Å². The molecule has 0 aliphatic rings. The van der Waals surface area contributed by atoms with Gasteiger partial charge in [-0.15, -0.1) is 0 Å². The van der Waals surface area contributed by atoms with Gasteiger partial charge in [-0.05, 0) is 30.7 Å². The van der Waals surface area contributed by atoms with E-state index in [4.69, 9.17) is 0 Å². The maximum atomic E-state index is 12.8.